The van der Waals surface area contributed by atoms with Gasteiger partial charge in [0.25, 0.3) is 10.0 Å². The SMILES string of the molecule is Cc1ccc(S(=O)(=O)Nc2ccc3nn(C4CCCC4)nc3c2)cc1. The Labute approximate surface area is 146 Å². The van der Waals surface area contributed by atoms with Crippen LogP contribution in [0.25, 0.3) is 11.0 Å². The molecule has 1 aromatic heterocycles. The van der Waals surface area contributed by atoms with Crippen molar-refractivity contribution in [3.8, 4) is 0 Å². The highest BCUT2D eigenvalue weighted by atomic mass is 32.2. The Bertz CT molecular complexity index is 1000. The topological polar surface area (TPSA) is 76.9 Å². The molecule has 2 aromatic carbocycles. The van der Waals surface area contributed by atoms with E-state index < -0.39 is 10.0 Å². The molecular formula is C18H20N4O2S. The summed E-state index contributed by atoms with van der Waals surface area (Å²) in [6, 6.07) is 12.4. The zero-order valence-corrected chi connectivity index (χ0v) is 14.8. The molecule has 0 bridgehead atoms. The molecule has 0 atom stereocenters. The minimum absolute atomic E-state index is 0.243. The van der Waals surface area contributed by atoms with Crippen LogP contribution in [0, 0.1) is 6.92 Å². The number of aromatic nitrogens is 3. The summed E-state index contributed by atoms with van der Waals surface area (Å²) >= 11 is 0. The summed E-state index contributed by atoms with van der Waals surface area (Å²) in [6.45, 7) is 1.92. The first kappa shape index (κ1) is 16.1. The van der Waals surface area contributed by atoms with E-state index in [0.717, 1.165) is 23.9 Å². The number of hydrogen-bond acceptors (Lipinski definition) is 4. The summed E-state index contributed by atoms with van der Waals surface area (Å²) in [4.78, 5) is 2.03. The largest absolute Gasteiger partial charge is 0.280 e. The molecule has 0 unspecified atom stereocenters. The highest BCUT2D eigenvalue weighted by molar-refractivity contribution is 7.92. The van der Waals surface area contributed by atoms with E-state index in [1.807, 2.05) is 6.92 Å². The third-order valence-corrected chi connectivity index (χ3v) is 6.03. The predicted octanol–water partition coefficient (Wildman–Crippen LogP) is 3.66. The molecule has 25 heavy (non-hydrogen) atoms. The molecule has 1 N–H and O–H groups in total. The fourth-order valence-corrected chi connectivity index (χ4v) is 4.27. The Morgan fingerprint density at radius 2 is 1.68 bits per heavy atom. The fraction of sp³-hybridized carbons (Fsp3) is 0.333. The minimum Gasteiger partial charge on any atom is -0.280 e. The number of anilines is 1. The van der Waals surface area contributed by atoms with E-state index in [4.69, 9.17) is 0 Å². The van der Waals surface area contributed by atoms with E-state index >= 15 is 0 Å². The molecule has 0 radical (unpaired) electrons. The molecule has 130 valence electrons. The Balaban J connectivity index is 1.61. The van der Waals surface area contributed by atoms with Gasteiger partial charge in [-0.15, -0.1) is 0 Å². The summed E-state index contributed by atoms with van der Waals surface area (Å²) in [5.74, 6) is 0. The first-order valence-electron chi connectivity index (χ1n) is 8.47. The van der Waals surface area contributed by atoms with E-state index in [1.54, 1.807) is 47.3 Å². The minimum atomic E-state index is -3.61. The summed E-state index contributed by atoms with van der Waals surface area (Å²) in [7, 11) is -3.61. The average molecular weight is 356 g/mol. The van der Waals surface area contributed by atoms with Gasteiger partial charge >= 0.3 is 0 Å². The van der Waals surface area contributed by atoms with Crippen molar-refractivity contribution in [2.75, 3.05) is 4.72 Å². The molecule has 1 aliphatic carbocycles. The molecule has 1 aliphatic rings. The lowest BCUT2D eigenvalue weighted by molar-refractivity contribution is 0.418. The second-order valence-electron chi connectivity index (χ2n) is 6.58. The molecule has 0 amide bonds. The molecule has 1 heterocycles. The number of hydrogen-bond donors (Lipinski definition) is 1. The van der Waals surface area contributed by atoms with Crippen LogP contribution in [0.5, 0.6) is 0 Å². The second kappa shape index (κ2) is 6.15. The van der Waals surface area contributed by atoms with Gasteiger partial charge in [0.2, 0.25) is 0 Å². The Morgan fingerprint density at radius 1 is 1.00 bits per heavy atom. The van der Waals surface area contributed by atoms with Crippen LogP contribution in [0.4, 0.5) is 5.69 Å². The van der Waals surface area contributed by atoms with Crippen LogP contribution in [0.3, 0.4) is 0 Å². The zero-order chi connectivity index (χ0) is 17.4. The smallest absolute Gasteiger partial charge is 0.261 e. The van der Waals surface area contributed by atoms with Gasteiger partial charge in [0.1, 0.15) is 11.0 Å². The molecule has 3 aromatic rings. The van der Waals surface area contributed by atoms with Crippen molar-refractivity contribution in [1.29, 1.82) is 0 Å². The standard InChI is InChI=1S/C18H20N4O2S/c1-13-6-9-16(10-7-13)25(23,24)21-14-8-11-17-18(12-14)20-22(19-17)15-4-2-3-5-15/h6-12,15,21H,2-5H2,1H3. The number of fused-ring (bicyclic) bond motifs is 1. The normalized spacial score (nSPS) is 15.7. The molecule has 6 nitrogen and oxygen atoms in total. The van der Waals surface area contributed by atoms with Gasteiger partial charge in [-0.1, -0.05) is 30.5 Å². The van der Waals surface area contributed by atoms with Gasteiger partial charge in [0, 0.05) is 0 Å². The van der Waals surface area contributed by atoms with E-state index in [2.05, 4.69) is 14.9 Å². The maximum absolute atomic E-state index is 12.5. The van der Waals surface area contributed by atoms with Crippen molar-refractivity contribution in [2.45, 2.75) is 43.5 Å². The monoisotopic (exact) mass is 356 g/mol. The van der Waals surface area contributed by atoms with Gasteiger partial charge in [-0.3, -0.25) is 4.72 Å². The van der Waals surface area contributed by atoms with Crippen molar-refractivity contribution in [2.24, 2.45) is 0 Å². The molecule has 0 aliphatic heterocycles. The van der Waals surface area contributed by atoms with Crippen LogP contribution >= 0.6 is 0 Å². The summed E-state index contributed by atoms with van der Waals surface area (Å²) < 4.78 is 27.6. The van der Waals surface area contributed by atoms with Crippen LogP contribution in [-0.2, 0) is 10.0 Å². The molecule has 0 spiro atoms. The number of benzene rings is 2. The van der Waals surface area contributed by atoms with Crippen molar-refractivity contribution in [3.05, 3.63) is 48.0 Å². The number of aryl methyl sites for hydroxylation is 1. The molecule has 1 saturated carbocycles. The number of rotatable bonds is 4. The molecule has 7 heteroatoms. The van der Waals surface area contributed by atoms with Gasteiger partial charge in [-0.05, 0) is 50.1 Å². The van der Waals surface area contributed by atoms with Crippen LogP contribution < -0.4 is 4.72 Å². The van der Waals surface area contributed by atoms with E-state index in [9.17, 15) is 8.42 Å². The van der Waals surface area contributed by atoms with E-state index in [1.165, 1.54) is 12.8 Å². The Hall–Kier alpha value is -2.41. The van der Waals surface area contributed by atoms with Gasteiger partial charge < -0.3 is 0 Å². The average Bonchev–Trinajstić information content (AvgIpc) is 3.23. The van der Waals surface area contributed by atoms with Gasteiger partial charge in [-0.25, -0.2) is 8.42 Å². The third-order valence-electron chi connectivity index (χ3n) is 4.63. The molecule has 1 fully saturated rings. The van der Waals surface area contributed by atoms with Gasteiger partial charge in [0.05, 0.1) is 16.6 Å². The van der Waals surface area contributed by atoms with Crippen LogP contribution in [0.2, 0.25) is 0 Å². The summed E-state index contributed by atoms with van der Waals surface area (Å²) in [5.41, 5.74) is 3.00. The van der Waals surface area contributed by atoms with E-state index in [0.29, 0.717) is 17.2 Å². The van der Waals surface area contributed by atoms with Gasteiger partial charge in [-0.2, -0.15) is 15.0 Å². The summed E-state index contributed by atoms with van der Waals surface area (Å²) in [5, 5.41) is 9.07. The van der Waals surface area contributed by atoms with Crippen LogP contribution in [0.15, 0.2) is 47.4 Å². The maximum Gasteiger partial charge on any atom is 0.261 e. The van der Waals surface area contributed by atoms with Crippen molar-refractivity contribution in [1.82, 2.24) is 15.0 Å². The highest BCUT2D eigenvalue weighted by Gasteiger charge is 2.20. The lowest BCUT2D eigenvalue weighted by atomic mass is 10.2. The van der Waals surface area contributed by atoms with Crippen molar-refractivity contribution < 1.29 is 8.42 Å². The number of nitrogens with one attached hydrogen (secondary N) is 1. The first-order valence-corrected chi connectivity index (χ1v) is 9.96. The van der Waals surface area contributed by atoms with Crippen LogP contribution in [0.1, 0.15) is 37.3 Å². The van der Waals surface area contributed by atoms with Crippen LogP contribution in [-0.4, -0.2) is 23.4 Å². The Morgan fingerprint density at radius 3 is 2.40 bits per heavy atom. The molecular weight excluding hydrogens is 336 g/mol. The quantitative estimate of drug-likeness (QED) is 0.774. The number of sulfonamides is 1. The predicted molar refractivity (Wildman–Crippen MR) is 97.0 cm³/mol. The van der Waals surface area contributed by atoms with Crippen molar-refractivity contribution >= 4 is 26.7 Å². The Kier molecular flexibility index (Phi) is 3.95. The lowest BCUT2D eigenvalue weighted by Crippen LogP contribution is -2.12. The lowest BCUT2D eigenvalue weighted by Gasteiger charge is -2.08. The third kappa shape index (κ3) is 3.24. The molecule has 4 rings (SSSR count). The van der Waals surface area contributed by atoms with Gasteiger partial charge in [0.15, 0.2) is 0 Å². The second-order valence-corrected chi connectivity index (χ2v) is 8.26. The number of nitrogens with zero attached hydrogens (tertiary/aromatic N) is 3. The van der Waals surface area contributed by atoms with E-state index in [-0.39, 0.29) is 4.90 Å². The fourth-order valence-electron chi connectivity index (χ4n) is 3.22. The maximum atomic E-state index is 12.5. The van der Waals surface area contributed by atoms with Crippen molar-refractivity contribution in [3.63, 3.8) is 0 Å². The zero-order valence-electron chi connectivity index (χ0n) is 14.0. The molecule has 0 saturated heterocycles. The summed E-state index contributed by atoms with van der Waals surface area (Å²) in [6.07, 6.45) is 4.64. The first-order chi connectivity index (χ1) is 12.0. The highest BCUT2D eigenvalue weighted by Crippen LogP contribution is 2.29.